The van der Waals surface area contributed by atoms with Crippen LogP contribution < -0.4 is 5.32 Å². The lowest BCUT2D eigenvalue weighted by molar-refractivity contribution is -0.384. The Balaban J connectivity index is 2.27. The Labute approximate surface area is 125 Å². The van der Waals surface area contributed by atoms with E-state index in [1.54, 1.807) is 12.1 Å². The minimum absolute atomic E-state index is 0.154. The largest absolute Gasteiger partial charge is 0.310 e. The number of hydrogen-bond acceptors (Lipinski definition) is 4. The highest BCUT2D eigenvalue weighted by molar-refractivity contribution is 7.98. The summed E-state index contributed by atoms with van der Waals surface area (Å²) < 4.78 is 0. The van der Waals surface area contributed by atoms with E-state index in [1.165, 1.54) is 31.1 Å². The van der Waals surface area contributed by atoms with E-state index < -0.39 is 0 Å². The number of hydrogen-bond donors (Lipinski definition) is 1. The topological polar surface area (TPSA) is 55.2 Å². The molecule has 0 heterocycles. The van der Waals surface area contributed by atoms with Crippen LogP contribution in [0.3, 0.4) is 0 Å². The van der Waals surface area contributed by atoms with Crippen LogP contribution in [-0.2, 0) is 0 Å². The van der Waals surface area contributed by atoms with Crippen molar-refractivity contribution in [1.29, 1.82) is 0 Å². The summed E-state index contributed by atoms with van der Waals surface area (Å²) in [6.07, 6.45) is 7.13. The van der Waals surface area contributed by atoms with E-state index in [0.29, 0.717) is 0 Å². The maximum absolute atomic E-state index is 10.7. The summed E-state index contributed by atoms with van der Waals surface area (Å²) in [6, 6.07) is 7.01. The van der Waals surface area contributed by atoms with Crippen LogP contribution in [0.5, 0.6) is 0 Å². The Morgan fingerprint density at radius 1 is 1.30 bits per heavy atom. The lowest BCUT2D eigenvalue weighted by atomic mass is 10.1. The number of nitrogens with zero attached hydrogens (tertiary/aromatic N) is 1. The molecule has 0 fully saturated rings. The summed E-state index contributed by atoms with van der Waals surface area (Å²) in [4.78, 5) is 10.4. The zero-order valence-electron chi connectivity index (χ0n) is 12.3. The first-order chi connectivity index (χ1) is 9.65. The molecule has 1 aromatic rings. The number of nitro benzene ring substituents is 1. The molecule has 1 N–H and O–H groups in total. The molecule has 5 heteroatoms. The Hall–Kier alpha value is -1.07. The smallest absolute Gasteiger partial charge is 0.269 e. The average molecular weight is 296 g/mol. The van der Waals surface area contributed by atoms with Crippen LogP contribution in [0, 0.1) is 10.1 Å². The molecule has 0 saturated heterocycles. The van der Waals surface area contributed by atoms with Crippen molar-refractivity contribution in [2.45, 2.75) is 38.6 Å². The number of nitro groups is 1. The van der Waals surface area contributed by atoms with Gasteiger partial charge in [0.1, 0.15) is 0 Å². The van der Waals surface area contributed by atoms with Gasteiger partial charge in [0, 0.05) is 18.2 Å². The van der Waals surface area contributed by atoms with Crippen molar-refractivity contribution in [2.24, 2.45) is 0 Å². The van der Waals surface area contributed by atoms with Crippen LogP contribution in [-0.4, -0.2) is 23.5 Å². The van der Waals surface area contributed by atoms with Gasteiger partial charge in [-0.05, 0) is 43.9 Å². The van der Waals surface area contributed by atoms with Crippen LogP contribution in [0.2, 0.25) is 0 Å². The van der Waals surface area contributed by atoms with Gasteiger partial charge in [0.15, 0.2) is 0 Å². The minimum Gasteiger partial charge on any atom is -0.310 e. The van der Waals surface area contributed by atoms with Gasteiger partial charge in [-0.25, -0.2) is 0 Å². The van der Waals surface area contributed by atoms with Crippen molar-refractivity contribution in [3.05, 3.63) is 39.9 Å². The van der Waals surface area contributed by atoms with E-state index >= 15 is 0 Å². The number of rotatable bonds is 10. The van der Waals surface area contributed by atoms with E-state index in [9.17, 15) is 10.1 Å². The first-order valence-corrected chi connectivity index (χ1v) is 8.51. The normalized spacial score (nSPS) is 12.3. The van der Waals surface area contributed by atoms with Crippen LogP contribution in [0.4, 0.5) is 5.69 Å². The van der Waals surface area contributed by atoms with Crippen molar-refractivity contribution in [3.63, 3.8) is 0 Å². The molecule has 0 aliphatic carbocycles. The van der Waals surface area contributed by atoms with E-state index in [1.807, 2.05) is 24.8 Å². The second-order valence-corrected chi connectivity index (χ2v) is 5.92. The first kappa shape index (κ1) is 17.0. The highest BCUT2D eigenvalue weighted by Crippen LogP contribution is 2.18. The number of unbranched alkanes of at least 4 members (excludes halogenated alkanes) is 3. The molecule has 1 rings (SSSR count). The number of thioether (sulfide) groups is 1. The quantitative estimate of drug-likeness (QED) is 0.400. The standard InChI is InChI=1S/C15H24N2O2S/c1-13(16-10-5-3-4-6-11-20-2)14-8-7-9-15(12-14)17(18)19/h7-9,12-13,16H,3-6,10-11H2,1-2H3. The van der Waals surface area contributed by atoms with Crippen LogP contribution in [0.25, 0.3) is 0 Å². The number of benzene rings is 1. The molecular formula is C15H24N2O2S. The summed E-state index contributed by atoms with van der Waals surface area (Å²) >= 11 is 1.90. The van der Waals surface area contributed by atoms with Gasteiger partial charge in [0.05, 0.1) is 4.92 Å². The molecule has 0 radical (unpaired) electrons. The van der Waals surface area contributed by atoms with E-state index in [0.717, 1.165) is 18.5 Å². The molecule has 4 nitrogen and oxygen atoms in total. The molecule has 1 aromatic carbocycles. The molecule has 0 spiro atoms. The molecule has 1 atom stereocenters. The third kappa shape index (κ3) is 6.39. The van der Waals surface area contributed by atoms with Gasteiger partial charge in [0.2, 0.25) is 0 Å². The summed E-state index contributed by atoms with van der Waals surface area (Å²) in [6.45, 7) is 3.01. The van der Waals surface area contributed by atoms with Gasteiger partial charge >= 0.3 is 0 Å². The third-order valence-electron chi connectivity index (χ3n) is 3.31. The maximum atomic E-state index is 10.7. The highest BCUT2D eigenvalue weighted by Gasteiger charge is 2.10. The van der Waals surface area contributed by atoms with Crippen molar-refractivity contribution < 1.29 is 4.92 Å². The van der Waals surface area contributed by atoms with Crippen molar-refractivity contribution >= 4 is 17.4 Å². The van der Waals surface area contributed by atoms with Gasteiger partial charge < -0.3 is 5.32 Å². The van der Waals surface area contributed by atoms with E-state index in [4.69, 9.17) is 0 Å². The molecule has 0 aliphatic heterocycles. The molecule has 0 bridgehead atoms. The van der Waals surface area contributed by atoms with Crippen molar-refractivity contribution in [3.8, 4) is 0 Å². The number of non-ortho nitro benzene ring substituents is 1. The SMILES string of the molecule is CSCCCCCCNC(C)c1cccc([N+](=O)[O-])c1. The lowest BCUT2D eigenvalue weighted by Crippen LogP contribution is -2.19. The highest BCUT2D eigenvalue weighted by atomic mass is 32.2. The van der Waals surface area contributed by atoms with Crippen LogP contribution in [0.1, 0.15) is 44.2 Å². The van der Waals surface area contributed by atoms with E-state index in [-0.39, 0.29) is 16.7 Å². The zero-order chi connectivity index (χ0) is 14.8. The molecular weight excluding hydrogens is 272 g/mol. The van der Waals surface area contributed by atoms with Crippen LogP contribution in [0.15, 0.2) is 24.3 Å². The fourth-order valence-electron chi connectivity index (χ4n) is 2.07. The average Bonchev–Trinajstić information content (AvgIpc) is 2.46. The predicted molar refractivity (Wildman–Crippen MR) is 86.4 cm³/mol. The Morgan fingerprint density at radius 3 is 2.75 bits per heavy atom. The Kier molecular flexibility index (Phi) is 8.30. The maximum Gasteiger partial charge on any atom is 0.269 e. The Morgan fingerprint density at radius 2 is 2.05 bits per heavy atom. The molecule has 112 valence electrons. The minimum atomic E-state index is -0.345. The van der Waals surface area contributed by atoms with E-state index in [2.05, 4.69) is 11.6 Å². The first-order valence-electron chi connectivity index (χ1n) is 7.12. The number of nitrogens with one attached hydrogen (secondary N) is 1. The third-order valence-corrected chi connectivity index (χ3v) is 4.00. The van der Waals surface area contributed by atoms with Crippen LogP contribution >= 0.6 is 11.8 Å². The van der Waals surface area contributed by atoms with Crippen molar-refractivity contribution in [1.82, 2.24) is 5.32 Å². The second-order valence-electron chi connectivity index (χ2n) is 4.93. The van der Waals surface area contributed by atoms with Crippen molar-refractivity contribution in [2.75, 3.05) is 18.6 Å². The molecule has 20 heavy (non-hydrogen) atoms. The monoisotopic (exact) mass is 296 g/mol. The van der Waals surface area contributed by atoms with Gasteiger partial charge in [0.25, 0.3) is 5.69 Å². The summed E-state index contributed by atoms with van der Waals surface area (Å²) in [7, 11) is 0. The molecule has 0 amide bonds. The fourth-order valence-corrected chi connectivity index (χ4v) is 2.56. The molecule has 0 saturated carbocycles. The van der Waals surface area contributed by atoms with Gasteiger partial charge in [-0.3, -0.25) is 10.1 Å². The second kappa shape index (κ2) is 9.77. The summed E-state index contributed by atoms with van der Waals surface area (Å²) in [5.41, 5.74) is 1.13. The van der Waals surface area contributed by atoms with Gasteiger partial charge in [-0.2, -0.15) is 11.8 Å². The lowest BCUT2D eigenvalue weighted by Gasteiger charge is -2.14. The summed E-state index contributed by atoms with van der Waals surface area (Å²) in [5, 5.41) is 14.2. The predicted octanol–water partition coefficient (Wildman–Crippen LogP) is 4.17. The summed E-state index contributed by atoms with van der Waals surface area (Å²) in [5.74, 6) is 1.25. The molecule has 0 aliphatic rings. The Bertz CT molecular complexity index is 413. The molecule has 1 unspecified atom stereocenters. The van der Waals surface area contributed by atoms with Gasteiger partial charge in [-0.15, -0.1) is 0 Å². The molecule has 0 aromatic heterocycles. The van der Waals surface area contributed by atoms with Gasteiger partial charge in [-0.1, -0.05) is 25.0 Å². The fraction of sp³-hybridized carbons (Fsp3) is 0.600. The zero-order valence-corrected chi connectivity index (χ0v) is 13.1.